The minimum absolute atomic E-state index is 0.0684. The van der Waals surface area contributed by atoms with E-state index < -0.39 is 9.84 Å². The summed E-state index contributed by atoms with van der Waals surface area (Å²) in [6.45, 7) is 2.76. The summed E-state index contributed by atoms with van der Waals surface area (Å²) >= 11 is 0. The molecule has 5 heteroatoms. The molecule has 0 aromatic carbocycles. The van der Waals surface area contributed by atoms with Gasteiger partial charge in [0.2, 0.25) is 0 Å². The van der Waals surface area contributed by atoms with E-state index >= 15 is 0 Å². The van der Waals surface area contributed by atoms with Crippen molar-refractivity contribution in [2.75, 3.05) is 25.7 Å². The third-order valence-corrected chi connectivity index (χ3v) is 4.90. The van der Waals surface area contributed by atoms with Gasteiger partial charge in [-0.25, -0.2) is 8.42 Å². The average Bonchev–Trinajstić information content (AvgIpc) is 2.73. The van der Waals surface area contributed by atoms with Gasteiger partial charge in [0.05, 0.1) is 5.60 Å². The molecule has 1 aliphatic carbocycles. The summed E-state index contributed by atoms with van der Waals surface area (Å²) in [7, 11) is -0.904. The van der Waals surface area contributed by atoms with E-state index in [4.69, 9.17) is 4.74 Å². The first-order chi connectivity index (χ1) is 8.43. The van der Waals surface area contributed by atoms with Crippen molar-refractivity contribution in [2.24, 2.45) is 0 Å². The Labute approximate surface area is 111 Å². The van der Waals surface area contributed by atoms with Gasteiger partial charge in [0, 0.05) is 24.7 Å². The molecule has 0 bridgehead atoms. The molecule has 0 aromatic heterocycles. The van der Waals surface area contributed by atoms with Crippen LogP contribution in [0.4, 0.5) is 0 Å². The van der Waals surface area contributed by atoms with Crippen LogP contribution in [0.25, 0.3) is 0 Å². The van der Waals surface area contributed by atoms with Crippen LogP contribution in [-0.2, 0) is 14.6 Å². The zero-order valence-electron chi connectivity index (χ0n) is 11.9. The minimum Gasteiger partial charge on any atom is -0.374 e. The number of likely N-dealkylation sites (N-methyl/N-ethyl adjacent to an activating group) is 1. The quantitative estimate of drug-likeness (QED) is 0.734. The molecule has 1 aliphatic rings. The van der Waals surface area contributed by atoms with Gasteiger partial charge >= 0.3 is 0 Å². The summed E-state index contributed by atoms with van der Waals surface area (Å²) in [5.41, 5.74) is -0.0684. The summed E-state index contributed by atoms with van der Waals surface area (Å²) in [6, 6.07) is 0.265. The Morgan fingerprint density at radius 1 is 1.33 bits per heavy atom. The summed E-state index contributed by atoms with van der Waals surface area (Å²) in [5, 5.41) is 3.34. The van der Waals surface area contributed by atoms with E-state index in [2.05, 4.69) is 5.32 Å². The van der Waals surface area contributed by atoms with E-state index in [1.54, 1.807) is 0 Å². The molecule has 1 N–H and O–H groups in total. The molecule has 0 radical (unpaired) electrons. The third-order valence-electron chi connectivity index (χ3n) is 3.87. The number of hydrogen-bond donors (Lipinski definition) is 1. The van der Waals surface area contributed by atoms with Crippen molar-refractivity contribution >= 4 is 9.84 Å². The summed E-state index contributed by atoms with van der Waals surface area (Å²) in [6.07, 6.45) is 7.48. The lowest BCUT2D eigenvalue weighted by Crippen LogP contribution is -2.50. The molecule has 0 spiro atoms. The predicted octanol–water partition coefficient (Wildman–Crippen LogP) is 1.75. The largest absolute Gasteiger partial charge is 0.374 e. The van der Waals surface area contributed by atoms with Crippen LogP contribution in [0.3, 0.4) is 0 Å². The van der Waals surface area contributed by atoms with E-state index in [9.17, 15) is 8.42 Å². The van der Waals surface area contributed by atoms with Crippen molar-refractivity contribution in [1.82, 2.24) is 5.32 Å². The predicted molar refractivity (Wildman–Crippen MR) is 74.6 cm³/mol. The maximum Gasteiger partial charge on any atom is 0.147 e. The highest BCUT2D eigenvalue weighted by molar-refractivity contribution is 7.90. The third kappa shape index (κ3) is 4.52. The molecule has 18 heavy (non-hydrogen) atoms. The van der Waals surface area contributed by atoms with Gasteiger partial charge in [0.15, 0.2) is 0 Å². The van der Waals surface area contributed by atoms with E-state index in [0.29, 0.717) is 6.42 Å². The normalized spacial score (nSPS) is 21.1. The van der Waals surface area contributed by atoms with Gasteiger partial charge in [-0.3, -0.25) is 0 Å². The van der Waals surface area contributed by atoms with Gasteiger partial charge in [0.25, 0.3) is 0 Å². The minimum atomic E-state index is -2.85. The van der Waals surface area contributed by atoms with Crippen molar-refractivity contribution in [1.29, 1.82) is 0 Å². The second-order valence-corrected chi connectivity index (χ2v) is 7.58. The number of nitrogens with one attached hydrogen (secondary N) is 1. The lowest BCUT2D eigenvalue weighted by molar-refractivity contribution is -0.0616. The number of rotatable bonds is 8. The number of hydrogen-bond acceptors (Lipinski definition) is 4. The zero-order chi connectivity index (χ0) is 13.6. The first kappa shape index (κ1) is 15.9. The van der Waals surface area contributed by atoms with Gasteiger partial charge in [-0.05, 0) is 39.7 Å². The Bertz CT molecular complexity index is 334. The Kier molecular flexibility index (Phi) is 6.08. The lowest BCUT2D eigenvalue weighted by Gasteiger charge is -2.37. The Morgan fingerprint density at radius 2 is 1.94 bits per heavy atom. The van der Waals surface area contributed by atoms with Crippen molar-refractivity contribution < 1.29 is 13.2 Å². The molecular weight excluding hydrogens is 250 g/mol. The van der Waals surface area contributed by atoms with Gasteiger partial charge in [0.1, 0.15) is 9.84 Å². The van der Waals surface area contributed by atoms with Crippen molar-refractivity contribution in [3.8, 4) is 0 Å². The fraction of sp³-hybridized carbons (Fsp3) is 1.00. The molecule has 1 atom stereocenters. The molecule has 108 valence electrons. The summed E-state index contributed by atoms with van der Waals surface area (Å²) in [4.78, 5) is 0. The molecule has 1 saturated carbocycles. The van der Waals surface area contributed by atoms with Crippen molar-refractivity contribution in [3.63, 3.8) is 0 Å². The van der Waals surface area contributed by atoms with Crippen molar-refractivity contribution in [3.05, 3.63) is 0 Å². The summed E-state index contributed by atoms with van der Waals surface area (Å²) < 4.78 is 28.4. The lowest BCUT2D eigenvalue weighted by atomic mass is 9.89. The van der Waals surface area contributed by atoms with Gasteiger partial charge < -0.3 is 10.1 Å². The highest BCUT2D eigenvalue weighted by Crippen LogP contribution is 2.37. The standard InChI is InChI=1S/C13H27NO3S/c1-4-17-13(9-5-6-10-13)12(14-2)8-7-11-18(3,15)16/h12,14H,4-11H2,1-3H3. The van der Waals surface area contributed by atoms with E-state index in [0.717, 1.165) is 25.9 Å². The summed E-state index contributed by atoms with van der Waals surface area (Å²) in [5.74, 6) is 0.271. The first-order valence-corrected chi connectivity index (χ1v) is 8.98. The topological polar surface area (TPSA) is 55.4 Å². The molecule has 0 aromatic rings. The molecule has 0 amide bonds. The highest BCUT2D eigenvalue weighted by atomic mass is 32.2. The average molecular weight is 277 g/mol. The van der Waals surface area contributed by atoms with Crippen LogP contribution < -0.4 is 5.32 Å². The van der Waals surface area contributed by atoms with Crippen LogP contribution in [-0.4, -0.2) is 45.7 Å². The molecule has 0 aliphatic heterocycles. The highest BCUT2D eigenvalue weighted by Gasteiger charge is 2.41. The Morgan fingerprint density at radius 3 is 2.39 bits per heavy atom. The zero-order valence-corrected chi connectivity index (χ0v) is 12.7. The van der Waals surface area contributed by atoms with Crippen LogP contribution >= 0.6 is 0 Å². The molecule has 0 heterocycles. The van der Waals surface area contributed by atoms with Gasteiger partial charge in [-0.2, -0.15) is 0 Å². The molecular formula is C13H27NO3S. The second-order valence-electron chi connectivity index (χ2n) is 5.32. The molecule has 1 rings (SSSR count). The fourth-order valence-corrected chi connectivity index (χ4v) is 3.77. The Balaban J connectivity index is 2.57. The van der Waals surface area contributed by atoms with Crippen LogP contribution in [0.2, 0.25) is 0 Å². The van der Waals surface area contributed by atoms with E-state index in [-0.39, 0.29) is 17.4 Å². The van der Waals surface area contributed by atoms with Crippen molar-refractivity contribution in [2.45, 2.75) is 57.1 Å². The Hall–Kier alpha value is -0.130. The second kappa shape index (κ2) is 6.87. The number of sulfone groups is 1. The van der Waals surface area contributed by atoms with E-state index in [1.165, 1.54) is 19.1 Å². The molecule has 1 fully saturated rings. The molecule has 0 saturated heterocycles. The smallest absolute Gasteiger partial charge is 0.147 e. The van der Waals surface area contributed by atoms with Gasteiger partial charge in [-0.1, -0.05) is 12.8 Å². The monoisotopic (exact) mass is 277 g/mol. The number of ether oxygens (including phenoxy) is 1. The maximum atomic E-state index is 11.2. The first-order valence-electron chi connectivity index (χ1n) is 6.92. The van der Waals surface area contributed by atoms with Crippen LogP contribution in [0.1, 0.15) is 45.4 Å². The van der Waals surface area contributed by atoms with Crippen LogP contribution in [0.15, 0.2) is 0 Å². The maximum absolute atomic E-state index is 11.2. The fourth-order valence-electron chi connectivity index (χ4n) is 3.07. The molecule has 4 nitrogen and oxygen atoms in total. The van der Waals surface area contributed by atoms with Crippen LogP contribution in [0.5, 0.6) is 0 Å². The molecule has 1 unspecified atom stereocenters. The van der Waals surface area contributed by atoms with Crippen LogP contribution in [0, 0.1) is 0 Å². The SMILES string of the molecule is CCOC1(C(CCCS(C)(=O)=O)NC)CCCC1. The van der Waals surface area contributed by atoms with E-state index in [1.807, 2.05) is 14.0 Å². The van der Waals surface area contributed by atoms with Gasteiger partial charge in [-0.15, -0.1) is 0 Å².